The Morgan fingerprint density at radius 3 is 2.60 bits per heavy atom. The summed E-state index contributed by atoms with van der Waals surface area (Å²) in [5.41, 5.74) is 1.58. The van der Waals surface area contributed by atoms with E-state index < -0.39 is 6.10 Å². The molecule has 1 saturated heterocycles. The molecule has 1 unspecified atom stereocenters. The summed E-state index contributed by atoms with van der Waals surface area (Å²) in [4.78, 5) is 6.85. The zero-order valence-corrected chi connectivity index (χ0v) is 12.2. The van der Waals surface area contributed by atoms with E-state index in [-0.39, 0.29) is 5.54 Å². The van der Waals surface area contributed by atoms with E-state index in [2.05, 4.69) is 23.7 Å². The molecule has 0 spiro atoms. The third-order valence-electron chi connectivity index (χ3n) is 4.55. The Hall–Kier alpha value is -1.45. The van der Waals surface area contributed by atoms with Crippen molar-refractivity contribution < 1.29 is 5.11 Å². The molecular weight excluding hydrogens is 248 g/mol. The van der Waals surface area contributed by atoms with Gasteiger partial charge in [0.25, 0.3) is 0 Å². The first kappa shape index (κ1) is 13.5. The number of likely N-dealkylation sites (tertiary alicyclic amines) is 1. The van der Waals surface area contributed by atoms with Crippen molar-refractivity contribution in [1.29, 1.82) is 0 Å². The molecule has 1 aliphatic heterocycles. The second-order valence-electron chi connectivity index (χ2n) is 6.17. The van der Waals surface area contributed by atoms with Gasteiger partial charge in [0.15, 0.2) is 0 Å². The highest BCUT2D eigenvalue weighted by molar-refractivity contribution is 5.82. The summed E-state index contributed by atoms with van der Waals surface area (Å²) in [5, 5.41) is 12.0. The number of aromatic nitrogens is 1. The molecule has 2 aromatic rings. The van der Waals surface area contributed by atoms with Crippen molar-refractivity contribution in [3.63, 3.8) is 0 Å². The molecule has 3 rings (SSSR count). The van der Waals surface area contributed by atoms with Gasteiger partial charge in [-0.05, 0) is 45.8 Å². The smallest absolute Gasteiger partial charge is 0.0989 e. The fraction of sp³-hybridized carbons (Fsp3) is 0.471. The number of para-hydroxylation sites is 1. The SMILES string of the molecule is CC(C)(C(O)c1cccc2cccnc12)N1CCCC1. The lowest BCUT2D eigenvalue weighted by Crippen LogP contribution is -2.46. The second-order valence-corrected chi connectivity index (χ2v) is 6.17. The van der Waals surface area contributed by atoms with E-state index in [0.717, 1.165) is 29.6 Å². The Balaban J connectivity index is 2.01. The Labute approximate surface area is 120 Å². The Kier molecular flexibility index (Phi) is 3.48. The lowest BCUT2D eigenvalue weighted by atomic mass is 9.88. The van der Waals surface area contributed by atoms with Crippen LogP contribution < -0.4 is 0 Å². The van der Waals surface area contributed by atoms with E-state index in [1.165, 1.54) is 12.8 Å². The summed E-state index contributed by atoms with van der Waals surface area (Å²) in [6, 6.07) is 10.0. The monoisotopic (exact) mass is 270 g/mol. The quantitative estimate of drug-likeness (QED) is 0.931. The topological polar surface area (TPSA) is 36.4 Å². The van der Waals surface area contributed by atoms with Crippen LogP contribution in [0.4, 0.5) is 0 Å². The van der Waals surface area contributed by atoms with Gasteiger partial charge in [0.2, 0.25) is 0 Å². The normalized spacial score (nSPS) is 18.6. The largest absolute Gasteiger partial charge is 0.386 e. The van der Waals surface area contributed by atoms with Crippen LogP contribution >= 0.6 is 0 Å². The predicted molar refractivity (Wildman–Crippen MR) is 81.6 cm³/mol. The van der Waals surface area contributed by atoms with Crippen molar-refractivity contribution in [2.75, 3.05) is 13.1 Å². The summed E-state index contributed by atoms with van der Waals surface area (Å²) in [6.45, 7) is 6.40. The van der Waals surface area contributed by atoms with Gasteiger partial charge in [0.05, 0.1) is 11.6 Å². The highest BCUT2D eigenvalue weighted by Crippen LogP contribution is 2.35. The number of benzene rings is 1. The number of pyridine rings is 1. The molecule has 1 fully saturated rings. The molecule has 20 heavy (non-hydrogen) atoms. The van der Waals surface area contributed by atoms with E-state index in [9.17, 15) is 5.11 Å². The fourth-order valence-electron chi connectivity index (χ4n) is 3.20. The number of nitrogens with zero attached hydrogens (tertiary/aromatic N) is 2. The van der Waals surface area contributed by atoms with Gasteiger partial charge in [-0.2, -0.15) is 0 Å². The zero-order chi connectivity index (χ0) is 14.2. The van der Waals surface area contributed by atoms with Gasteiger partial charge in [0, 0.05) is 22.7 Å². The van der Waals surface area contributed by atoms with E-state index in [1.54, 1.807) is 6.20 Å². The molecule has 1 N–H and O–H groups in total. The van der Waals surface area contributed by atoms with Crippen LogP contribution in [-0.4, -0.2) is 33.6 Å². The molecule has 1 aromatic heterocycles. The Morgan fingerprint density at radius 1 is 1.15 bits per heavy atom. The summed E-state index contributed by atoms with van der Waals surface area (Å²) >= 11 is 0. The first-order chi connectivity index (χ1) is 9.60. The van der Waals surface area contributed by atoms with Gasteiger partial charge < -0.3 is 5.11 Å². The molecule has 0 radical (unpaired) electrons. The van der Waals surface area contributed by atoms with Crippen molar-refractivity contribution >= 4 is 10.9 Å². The van der Waals surface area contributed by atoms with Gasteiger partial charge in [0.1, 0.15) is 0 Å². The molecule has 106 valence electrons. The summed E-state index contributed by atoms with van der Waals surface area (Å²) in [7, 11) is 0. The predicted octanol–water partition coefficient (Wildman–Crippen LogP) is 3.14. The van der Waals surface area contributed by atoms with Crippen molar-refractivity contribution in [3.8, 4) is 0 Å². The van der Waals surface area contributed by atoms with Crippen molar-refractivity contribution in [3.05, 3.63) is 42.1 Å². The lowest BCUT2D eigenvalue weighted by Gasteiger charge is -2.39. The van der Waals surface area contributed by atoms with E-state index in [0.29, 0.717) is 0 Å². The lowest BCUT2D eigenvalue weighted by molar-refractivity contribution is 0.00208. The van der Waals surface area contributed by atoms with Gasteiger partial charge in [-0.3, -0.25) is 9.88 Å². The molecule has 1 atom stereocenters. The average Bonchev–Trinajstić information content (AvgIpc) is 3.01. The maximum absolute atomic E-state index is 10.9. The number of hydrogen-bond donors (Lipinski definition) is 1. The van der Waals surface area contributed by atoms with Crippen molar-refractivity contribution in [2.24, 2.45) is 0 Å². The van der Waals surface area contributed by atoms with Crippen molar-refractivity contribution in [1.82, 2.24) is 9.88 Å². The molecule has 3 nitrogen and oxygen atoms in total. The molecule has 0 saturated carbocycles. The minimum absolute atomic E-state index is 0.262. The number of fused-ring (bicyclic) bond motifs is 1. The first-order valence-electron chi connectivity index (χ1n) is 7.37. The third-order valence-corrected chi connectivity index (χ3v) is 4.55. The van der Waals surface area contributed by atoms with E-state index in [1.807, 2.05) is 30.3 Å². The van der Waals surface area contributed by atoms with Gasteiger partial charge in [-0.15, -0.1) is 0 Å². The number of hydrogen-bond acceptors (Lipinski definition) is 3. The Bertz CT molecular complexity index is 597. The average molecular weight is 270 g/mol. The highest BCUT2D eigenvalue weighted by Gasteiger charge is 2.37. The van der Waals surface area contributed by atoms with Crippen LogP contribution in [-0.2, 0) is 0 Å². The highest BCUT2D eigenvalue weighted by atomic mass is 16.3. The molecule has 1 aromatic carbocycles. The summed E-state index contributed by atoms with van der Waals surface area (Å²) in [5.74, 6) is 0. The maximum atomic E-state index is 10.9. The van der Waals surface area contributed by atoms with Crippen molar-refractivity contribution in [2.45, 2.75) is 38.3 Å². The maximum Gasteiger partial charge on any atom is 0.0989 e. The molecule has 0 aliphatic carbocycles. The molecular formula is C17H22N2O. The summed E-state index contributed by atoms with van der Waals surface area (Å²) in [6.07, 6.45) is 3.72. The molecule has 3 heteroatoms. The molecule has 2 heterocycles. The minimum atomic E-state index is -0.529. The van der Waals surface area contributed by atoms with Crippen LogP contribution in [0.1, 0.15) is 38.4 Å². The molecule has 1 aliphatic rings. The van der Waals surface area contributed by atoms with Crippen LogP contribution in [0, 0.1) is 0 Å². The third kappa shape index (κ3) is 2.21. The molecule has 0 amide bonds. The van der Waals surface area contributed by atoms with E-state index >= 15 is 0 Å². The second kappa shape index (κ2) is 5.15. The number of rotatable bonds is 3. The summed E-state index contributed by atoms with van der Waals surface area (Å²) < 4.78 is 0. The fourth-order valence-corrected chi connectivity index (χ4v) is 3.20. The van der Waals surface area contributed by atoms with Crippen LogP contribution in [0.25, 0.3) is 10.9 Å². The van der Waals surface area contributed by atoms with Crippen LogP contribution in [0.3, 0.4) is 0 Å². The van der Waals surface area contributed by atoms with Gasteiger partial charge >= 0.3 is 0 Å². The molecule has 0 bridgehead atoms. The number of aliphatic hydroxyl groups excluding tert-OH is 1. The minimum Gasteiger partial charge on any atom is -0.386 e. The van der Waals surface area contributed by atoms with Crippen LogP contribution in [0.15, 0.2) is 36.5 Å². The van der Waals surface area contributed by atoms with Crippen LogP contribution in [0.5, 0.6) is 0 Å². The van der Waals surface area contributed by atoms with Gasteiger partial charge in [-0.1, -0.05) is 24.3 Å². The first-order valence-corrected chi connectivity index (χ1v) is 7.37. The standard InChI is InChI=1S/C17H22N2O/c1-17(2,19-11-3-4-12-19)16(20)14-9-5-7-13-8-6-10-18-15(13)14/h5-10,16,20H,3-4,11-12H2,1-2H3. The zero-order valence-electron chi connectivity index (χ0n) is 12.2. The van der Waals surface area contributed by atoms with E-state index in [4.69, 9.17) is 0 Å². The Morgan fingerprint density at radius 2 is 1.85 bits per heavy atom. The number of aliphatic hydroxyl groups is 1. The van der Waals surface area contributed by atoms with Crippen LogP contribution in [0.2, 0.25) is 0 Å². The van der Waals surface area contributed by atoms with Gasteiger partial charge in [-0.25, -0.2) is 0 Å².